The van der Waals surface area contributed by atoms with E-state index in [1.165, 1.54) is 26.0 Å². The SMILES string of the molecule is CC(Oc1ccccc1)C(=O)OC(C)c1nc(-c2cccc(C(F)(F)F)c2)no1. The van der Waals surface area contributed by atoms with Gasteiger partial charge in [0.15, 0.2) is 12.2 Å². The Morgan fingerprint density at radius 2 is 1.79 bits per heavy atom. The van der Waals surface area contributed by atoms with E-state index in [4.69, 9.17) is 14.0 Å². The van der Waals surface area contributed by atoms with Crippen molar-refractivity contribution < 1.29 is 32.0 Å². The fraction of sp³-hybridized carbons (Fsp3) is 0.250. The molecular formula is C20H17F3N2O4. The highest BCUT2D eigenvalue weighted by Gasteiger charge is 2.31. The predicted octanol–water partition coefficient (Wildman–Crippen LogP) is 4.83. The Balaban J connectivity index is 1.66. The summed E-state index contributed by atoms with van der Waals surface area (Å²) in [5.41, 5.74) is -0.693. The van der Waals surface area contributed by atoms with Gasteiger partial charge in [0, 0.05) is 5.56 Å². The lowest BCUT2D eigenvalue weighted by Crippen LogP contribution is -2.27. The van der Waals surface area contributed by atoms with Gasteiger partial charge in [0.25, 0.3) is 5.89 Å². The van der Waals surface area contributed by atoms with E-state index >= 15 is 0 Å². The topological polar surface area (TPSA) is 74.5 Å². The lowest BCUT2D eigenvalue weighted by atomic mass is 10.1. The summed E-state index contributed by atoms with van der Waals surface area (Å²) in [5, 5.41) is 3.67. The summed E-state index contributed by atoms with van der Waals surface area (Å²) in [7, 11) is 0. The van der Waals surface area contributed by atoms with Crippen LogP contribution >= 0.6 is 0 Å². The van der Waals surface area contributed by atoms with Crippen LogP contribution in [0.2, 0.25) is 0 Å². The molecule has 6 nitrogen and oxygen atoms in total. The van der Waals surface area contributed by atoms with Crippen molar-refractivity contribution in [3.63, 3.8) is 0 Å². The van der Waals surface area contributed by atoms with Crippen molar-refractivity contribution in [1.82, 2.24) is 10.1 Å². The van der Waals surface area contributed by atoms with Crippen LogP contribution in [0.15, 0.2) is 59.1 Å². The summed E-state index contributed by atoms with van der Waals surface area (Å²) in [6.07, 6.45) is -6.28. The number of halogens is 3. The molecule has 0 fully saturated rings. The molecule has 0 radical (unpaired) electrons. The van der Waals surface area contributed by atoms with E-state index in [0.717, 1.165) is 12.1 Å². The molecule has 3 rings (SSSR count). The molecule has 0 saturated carbocycles. The number of carbonyl (C=O) groups excluding carboxylic acids is 1. The molecule has 0 spiro atoms. The number of rotatable bonds is 6. The minimum absolute atomic E-state index is 0.0393. The van der Waals surface area contributed by atoms with Crippen molar-refractivity contribution >= 4 is 5.97 Å². The van der Waals surface area contributed by atoms with E-state index in [9.17, 15) is 18.0 Å². The van der Waals surface area contributed by atoms with E-state index < -0.39 is 29.9 Å². The van der Waals surface area contributed by atoms with E-state index in [-0.39, 0.29) is 17.3 Å². The van der Waals surface area contributed by atoms with Crippen LogP contribution < -0.4 is 4.74 Å². The molecule has 0 N–H and O–H groups in total. The average Bonchev–Trinajstić information content (AvgIpc) is 3.18. The molecule has 0 aliphatic rings. The summed E-state index contributed by atoms with van der Waals surface area (Å²) < 4.78 is 54.4. The van der Waals surface area contributed by atoms with Gasteiger partial charge in [-0.2, -0.15) is 18.2 Å². The number of ether oxygens (including phenoxy) is 2. The Labute approximate surface area is 164 Å². The van der Waals surface area contributed by atoms with Gasteiger partial charge in [-0.25, -0.2) is 4.79 Å². The molecule has 0 bridgehead atoms. The van der Waals surface area contributed by atoms with Crippen molar-refractivity contribution in [2.45, 2.75) is 32.2 Å². The third-order valence-corrected chi connectivity index (χ3v) is 3.92. The maximum absolute atomic E-state index is 12.9. The fourth-order valence-corrected chi connectivity index (χ4v) is 2.42. The Morgan fingerprint density at radius 1 is 1.07 bits per heavy atom. The first kappa shape index (κ1) is 20.4. The minimum atomic E-state index is -4.49. The molecule has 152 valence electrons. The van der Waals surface area contributed by atoms with Crippen LogP contribution in [0.3, 0.4) is 0 Å². The lowest BCUT2D eigenvalue weighted by Gasteiger charge is -2.15. The number of aromatic nitrogens is 2. The van der Waals surface area contributed by atoms with Crippen LogP contribution in [0, 0.1) is 0 Å². The lowest BCUT2D eigenvalue weighted by molar-refractivity contribution is -0.157. The monoisotopic (exact) mass is 406 g/mol. The molecule has 1 aromatic heterocycles. The summed E-state index contributed by atoms with van der Waals surface area (Å²) in [6, 6.07) is 13.3. The minimum Gasteiger partial charge on any atom is -0.479 e. The number of hydrogen-bond donors (Lipinski definition) is 0. The zero-order valence-electron chi connectivity index (χ0n) is 15.5. The van der Waals surface area contributed by atoms with Crippen molar-refractivity contribution in [2.24, 2.45) is 0 Å². The van der Waals surface area contributed by atoms with Gasteiger partial charge in [0.2, 0.25) is 5.82 Å². The molecule has 0 aliphatic carbocycles. The van der Waals surface area contributed by atoms with E-state index in [1.807, 2.05) is 6.07 Å². The molecule has 29 heavy (non-hydrogen) atoms. The van der Waals surface area contributed by atoms with Crippen molar-refractivity contribution in [2.75, 3.05) is 0 Å². The first-order valence-corrected chi connectivity index (χ1v) is 8.67. The number of carbonyl (C=O) groups is 1. The molecule has 0 amide bonds. The number of esters is 1. The van der Waals surface area contributed by atoms with Gasteiger partial charge in [-0.05, 0) is 38.1 Å². The number of para-hydroxylation sites is 1. The maximum Gasteiger partial charge on any atom is 0.416 e. The third kappa shape index (κ3) is 5.13. The van der Waals surface area contributed by atoms with Crippen LogP contribution in [0.1, 0.15) is 31.4 Å². The van der Waals surface area contributed by atoms with Crippen LogP contribution in [0.4, 0.5) is 13.2 Å². The van der Waals surface area contributed by atoms with E-state index in [1.54, 1.807) is 24.3 Å². The van der Waals surface area contributed by atoms with Gasteiger partial charge in [-0.15, -0.1) is 0 Å². The number of benzene rings is 2. The highest BCUT2D eigenvalue weighted by molar-refractivity contribution is 5.74. The van der Waals surface area contributed by atoms with E-state index in [2.05, 4.69) is 10.1 Å². The highest BCUT2D eigenvalue weighted by Crippen LogP contribution is 2.31. The Morgan fingerprint density at radius 3 is 2.48 bits per heavy atom. The number of alkyl halides is 3. The van der Waals surface area contributed by atoms with Gasteiger partial charge >= 0.3 is 12.1 Å². The van der Waals surface area contributed by atoms with Gasteiger partial charge in [0.05, 0.1) is 5.56 Å². The normalized spacial score (nSPS) is 13.6. The van der Waals surface area contributed by atoms with Crippen LogP contribution in [-0.2, 0) is 15.7 Å². The number of hydrogen-bond acceptors (Lipinski definition) is 6. The zero-order valence-corrected chi connectivity index (χ0v) is 15.5. The second-order valence-electron chi connectivity index (χ2n) is 6.19. The molecular weight excluding hydrogens is 389 g/mol. The van der Waals surface area contributed by atoms with Crippen LogP contribution in [0.25, 0.3) is 11.4 Å². The van der Waals surface area contributed by atoms with Gasteiger partial charge in [0.1, 0.15) is 5.75 Å². The standard InChI is InChI=1S/C20H17F3N2O4/c1-12(28-19(26)13(2)27-16-9-4-3-5-10-16)18-24-17(25-29-18)14-7-6-8-15(11-14)20(21,22)23/h3-13H,1-2H3. The molecule has 2 unspecified atom stereocenters. The summed E-state index contributed by atoms with van der Waals surface area (Å²) >= 11 is 0. The molecule has 1 heterocycles. The van der Waals surface area contributed by atoms with Crippen molar-refractivity contribution in [3.8, 4) is 17.1 Å². The largest absolute Gasteiger partial charge is 0.479 e. The molecule has 3 aromatic rings. The Bertz CT molecular complexity index is 973. The highest BCUT2D eigenvalue weighted by atomic mass is 19.4. The maximum atomic E-state index is 12.9. The van der Waals surface area contributed by atoms with Crippen LogP contribution in [-0.4, -0.2) is 22.2 Å². The third-order valence-electron chi connectivity index (χ3n) is 3.92. The van der Waals surface area contributed by atoms with Crippen LogP contribution in [0.5, 0.6) is 5.75 Å². The van der Waals surface area contributed by atoms with Crippen molar-refractivity contribution in [1.29, 1.82) is 0 Å². The Kier molecular flexibility index (Phi) is 5.86. The van der Waals surface area contributed by atoms with Gasteiger partial charge in [-0.1, -0.05) is 35.5 Å². The summed E-state index contributed by atoms with van der Waals surface area (Å²) in [4.78, 5) is 16.2. The first-order valence-electron chi connectivity index (χ1n) is 8.67. The molecule has 9 heteroatoms. The molecule has 0 saturated heterocycles. The quantitative estimate of drug-likeness (QED) is 0.546. The summed E-state index contributed by atoms with van der Waals surface area (Å²) in [5.74, 6) is -0.227. The second-order valence-corrected chi connectivity index (χ2v) is 6.19. The molecule has 0 aliphatic heterocycles. The Hall–Kier alpha value is -3.36. The zero-order chi connectivity index (χ0) is 21.0. The summed E-state index contributed by atoms with van der Waals surface area (Å²) in [6.45, 7) is 3.04. The fourth-order valence-electron chi connectivity index (χ4n) is 2.42. The first-order chi connectivity index (χ1) is 13.7. The molecule has 2 atom stereocenters. The van der Waals surface area contributed by atoms with Gasteiger partial charge in [-0.3, -0.25) is 0 Å². The smallest absolute Gasteiger partial charge is 0.416 e. The predicted molar refractivity (Wildman–Crippen MR) is 95.8 cm³/mol. The molecule has 2 aromatic carbocycles. The second kappa shape index (κ2) is 8.34. The average molecular weight is 406 g/mol. The van der Waals surface area contributed by atoms with Gasteiger partial charge < -0.3 is 14.0 Å². The number of nitrogens with zero attached hydrogens (tertiary/aromatic N) is 2. The van der Waals surface area contributed by atoms with Crippen molar-refractivity contribution in [3.05, 3.63) is 66.1 Å². The van der Waals surface area contributed by atoms with E-state index in [0.29, 0.717) is 5.75 Å².